The fourth-order valence-electron chi connectivity index (χ4n) is 6.23. The third-order valence-corrected chi connectivity index (χ3v) is 8.75. The van der Waals surface area contributed by atoms with E-state index in [-0.39, 0.29) is 42.8 Å². The molecule has 3 heterocycles. The minimum absolute atomic E-state index is 0.0135. The van der Waals surface area contributed by atoms with Gasteiger partial charge in [-0.2, -0.15) is 4.98 Å². The summed E-state index contributed by atoms with van der Waals surface area (Å²) in [5, 5.41) is 17.0. The van der Waals surface area contributed by atoms with Gasteiger partial charge in [0.05, 0.1) is 32.6 Å². The van der Waals surface area contributed by atoms with Crippen LogP contribution in [0.3, 0.4) is 0 Å². The summed E-state index contributed by atoms with van der Waals surface area (Å²) in [6, 6.07) is 29.5. The third-order valence-electron chi connectivity index (χ3n) is 8.59. The number of hydrogen-bond donors (Lipinski definition) is 1. The first-order chi connectivity index (χ1) is 23.1. The van der Waals surface area contributed by atoms with Crippen LogP contribution in [-0.4, -0.2) is 55.7 Å². The highest BCUT2D eigenvalue weighted by Crippen LogP contribution is 2.42. The van der Waals surface area contributed by atoms with E-state index in [1.54, 1.807) is 0 Å². The van der Waals surface area contributed by atoms with E-state index in [0.29, 0.717) is 12.3 Å². The molecule has 1 aliphatic heterocycles. The van der Waals surface area contributed by atoms with E-state index in [4.69, 9.17) is 35.3 Å². The fraction of sp³-hybridized carbons (Fsp3) is 0.361. The molecule has 2 aromatic heterocycles. The molecule has 1 aliphatic carbocycles. The van der Waals surface area contributed by atoms with Gasteiger partial charge in [-0.1, -0.05) is 91.0 Å². The number of fused-ring (bicyclic) bond motifs is 1. The molecule has 5 aromatic rings. The highest BCUT2D eigenvalue weighted by atomic mass is 35.5. The Morgan fingerprint density at radius 1 is 0.830 bits per heavy atom. The lowest BCUT2D eigenvalue weighted by Crippen LogP contribution is -2.45. The maximum absolute atomic E-state index is 12.6. The van der Waals surface area contributed by atoms with Crippen molar-refractivity contribution in [1.29, 1.82) is 0 Å². The van der Waals surface area contributed by atoms with Gasteiger partial charge in [-0.05, 0) is 54.0 Å². The molecule has 0 spiro atoms. The number of halogens is 1. The Morgan fingerprint density at radius 3 is 2.06 bits per heavy atom. The van der Waals surface area contributed by atoms with Gasteiger partial charge in [0.1, 0.15) is 30.1 Å². The summed E-state index contributed by atoms with van der Waals surface area (Å²) in [5.41, 5.74) is 3.45. The van der Waals surface area contributed by atoms with Gasteiger partial charge in [-0.3, -0.25) is 0 Å². The Morgan fingerprint density at radius 2 is 1.43 bits per heavy atom. The monoisotopic (exact) mass is 656 g/mol. The molecular weight excluding hydrogens is 620 g/mol. The minimum atomic E-state index is -2.06. The van der Waals surface area contributed by atoms with Crippen molar-refractivity contribution < 1.29 is 28.8 Å². The standard InChI is InChI=1S/C36H37ClN4O6/c37-35-39-34(46-28-18-10-11-19-28)33-38-20-30(41(33)40-35)36(42)32(45-23-27-16-8-3-9-17-27)31(44-22-26-14-6-2-7-15-26)29(47-36)24-43-21-25-12-4-1-5-13-25/h1-9,12-17,20,28-29,31-32,42H,10-11,18-19,21-24H2/t29-,31-,32-,36+/m1/s1. The average molecular weight is 657 g/mol. The van der Waals surface area contributed by atoms with Crippen LogP contribution in [0.2, 0.25) is 5.28 Å². The van der Waals surface area contributed by atoms with Crippen LogP contribution in [-0.2, 0) is 44.6 Å². The third kappa shape index (κ3) is 7.18. The Balaban J connectivity index is 1.24. The first kappa shape index (κ1) is 31.7. The summed E-state index contributed by atoms with van der Waals surface area (Å²) in [7, 11) is 0. The summed E-state index contributed by atoms with van der Waals surface area (Å²) in [6.07, 6.45) is 3.08. The lowest BCUT2D eigenvalue weighted by atomic mass is 10.0. The van der Waals surface area contributed by atoms with Gasteiger partial charge < -0.3 is 28.8 Å². The summed E-state index contributed by atoms with van der Waals surface area (Å²) in [5.74, 6) is -1.80. The van der Waals surface area contributed by atoms with Crippen LogP contribution in [0.1, 0.15) is 48.1 Å². The Kier molecular flexibility index (Phi) is 9.76. The zero-order valence-corrected chi connectivity index (χ0v) is 26.6. The van der Waals surface area contributed by atoms with Crippen LogP contribution in [0.25, 0.3) is 5.65 Å². The van der Waals surface area contributed by atoms with Gasteiger partial charge in [0.2, 0.25) is 16.7 Å². The van der Waals surface area contributed by atoms with Gasteiger partial charge in [0.25, 0.3) is 5.88 Å². The second kappa shape index (κ2) is 14.5. The zero-order valence-electron chi connectivity index (χ0n) is 25.9. The van der Waals surface area contributed by atoms with Gasteiger partial charge in [0.15, 0.2) is 0 Å². The Hall–Kier alpha value is -3.90. The van der Waals surface area contributed by atoms with E-state index in [1.165, 1.54) is 10.7 Å². The Bertz CT molecular complexity index is 1740. The molecule has 3 aromatic carbocycles. The molecule has 0 unspecified atom stereocenters. The van der Waals surface area contributed by atoms with Crippen LogP contribution >= 0.6 is 11.6 Å². The predicted molar refractivity (Wildman–Crippen MR) is 174 cm³/mol. The van der Waals surface area contributed by atoms with Crippen LogP contribution in [0.4, 0.5) is 0 Å². The maximum atomic E-state index is 12.6. The number of ether oxygens (including phenoxy) is 5. The number of benzene rings is 3. The Labute approximate surface area is 278 Å². The normalized spacial score (nSPS) is 23.1. The van der Waals surface area contributed by atoms with Crippen LogP contribution < -0.4 is 4.74 Å². The summed E-state index contributed by atoms with van der Waals surface area (Å²) >= 11 is 6.42. The van der Waals surface area contributed by atoms with Crippen LogP contribution in [0, 0.1) is 0 Å². The van der Waals surface area contributed by atoms with Crippen molar-refractivity contribution in [3.63, 3.8) is 0 Å². The molecule has 244 valence electrons. The van der Waals surface area contributed by atoms with Crippen molar-refractivity contribution in [2.75, 3.05) is 6.61 Å². The number of aromatic nitrogens is 4. The molecule has 47 heavy (non-hydrogen) atoms. The second-order valence-electron chi connectivity index (χ2n) is 11.9. The molecule has 2 aliphatic rings. The van der Waals surface area contributed by atoms with Crippen molar-refractivity contribution in [3.8, 4) is 5.88 Å². The quantitative estimate of drug-likeness (QED) is 0.162. The summed E-state index contributed by atoms with van der Waals surface area (Å²) in [6.45, 7) is 0.957. The lowest BCUT2D eigenvalue weighted by Gasteiger charge is -2.30. The molecule has 4 atom stereocenters. The number of nitrogens with zero attached hydrogens (tertiary/aromatic N) is 4. The summed E-state index contributed by atoms with van der Waals surface area (Å²) in [4.78, 5) is 8.91. The first-order valence-corrected chi connectivity index (χ1v) is 16.4. The number of rotatable bonds is 13. The summed E-state index contributed by atoms with van der Waals surface area (Å²) < 4.78 is 33.4. The zero-order chi connectivity index (χ0) is 32.1. The largest absolute Gasteiger partial charge is 0.472 e. The van der Waals surface area contributed by atoms with E-state index in [1.807, 2.05) is 91.0 Å². The highest BCUT2D eigenvalue weighted by molar-refractivity contribution is 6.28. The molecule has 10 nitrogen and oxygen atoms in total. The van der Waals surface area contributed by atoms with Crippen LogP contribution in [0.15, 0.2) is 97.2 Å². The maximum Gasteiger partial charge on any atom is 0.262 e. The molecule has 11 heteroatoms. The number of imidazole rings is 1. The minimum Gasteiger partial charge on any atom is -0.472 e. The highest BCUT2D eigenvalue weighted by Gasteiger charge is 2.59. The molecular formula is C36H37ClN4O6. The van der Waals surface area contributed by atoms with Gasteiger partial charge >= 0.3 is 0 Å². The molecule has 1 saturated carbocycles. The van der Waals surface area contributed by atoms with Gasteiger partial charge in [-0.15, -0.1) is 5.10 Å². The van der Waals surface area contributed by atoms with Crippen molar-refractivity contribution in [1.82, 2.24) is 19.6 Å². The molecule has 0 amide bonds. The molecule has 0 bridgehead atoms. The SMILES string of the molecule is O[C@@]1(c2cnc3c(OC4CCCC4)nc(Cl)nn23)O[C@H](COCc2ccccc2)[C@@H](OCc2ccccc2)[C@H]1OCc1ccccc1. The van der Waals surface area contributed by atoms with Crippen molar-refractivity contribution in [2.45, 2.75) is 75.7 Å². The van der Waals surface area contributed by atoms with E-state index < -0.39 is 24.1 Å². The van der Waals surface area contributed by atoms with E-state index in [2.05, 4.69) is 15.1 Å². The first-order valence-electron chi connectivity index (χ1n) is 16.0. The van der Waals surface area contributed by atoms with Crippen molar-refractivity contribution >= 4 is 17.2 Å². The van der Waals surface area contributed by atoms with E-state index in [9.17, 15) is 5.11 Å². The predicted octanol–water partition coefficient (Wildman–Crippen LogP) is 6.03. The number of aliphatic hydroxyl groups is 1. The van der Waals surface area contributed by atoms with Crippen molar-refractivity contribution in [3.05, 3.63) is 125 Å². The second-order valence-corrected chi connectivity index (χ2v) is 12.3. The average Bonchev–Trinajstić information content (AvgIpc) is 3.83. The smallest absolute Gasteiger partial charge is 0.262 e. The van der Waals surface area contributed by atoms with Gasteiger partial charge in [-0.25, -0.2) is 9.50 Å². The molecule has 0 radical (unpaired) electrons. The topological polar surface area (TPSA) is 109 Å². The van der Waals surface area contributed by atoms with Crippen LogP contribution in [0.5, 0.6) is 5.88 Å². The molecule has 7 rings (SSSR count). The molecule has 2 fully saturated rings. The van der Waals surface area contributed by atoms with E-state index in [0.717, 1.165) is 42.4 Å². The molecule has 1 N–H and O–H groups in total. The van der Waals surface area contributed by atoms with Gasteiger partial charge in [0, 0.05) is 0 Å². The van der Waals surface area contributed by atoms with E-state index >= 15 is 0 Å². The molecule has 1 saturated heterocycles. The fourth-order valence-corrected chi connectivity index (χ4v) is 6.39. The van der Waals surface area contributed by atoms with Crippen molar-refractivity contribution in [2.24, 2.45) is 0 Å². The number of hydrogen-bond acceptors (Lipinski definition) is 9. The lowest BCUT2D eigenvalue weighted by molar-refractivity contribution is -0.256.